The fourth-order valence-electron chi connectivity index (χ4n) is 4.81. The van der Waals surface area contributed by atoms with Gasteiger partial charge in [0.2, 0.25) is 11.8 Å². The van der Waals surface area contributed by atoms with Crippen LogP contribution in [-0.4, -0.2) is 46.0 Å². The fourth-order valence-corrected chi connectivity index (χ4v) is 6.35. The molecule has 0 radical (unpaired) electrons. The number of ether oxygens (including phenoxy) is 1. The number of pyridine rings is 1. The van der Waals surface area contributed by atoms with Crippen molar-refractivity contribution >= 4 is 41.0 Å². The highest BCUT2D eigenvalue weighted by atomic mass is 35.5. The van der Waals surface area contributed by atoms with Gasteiger partial charge in [0.1, 0.15) is 18.1 Å². The molecule has 1 N–H and O–H groups in total. The Hall–Kier alpha value is -3.82. The number of halogens is 1. The number of amides is 2. The number of rotatable bonds is 7. The number of nitrogens with one attached hydrogen (secondary N) is 1. The van der Waals surface area contributed by atoms with Gasteiger partial charge in [-0.1, -0.05) is 50.6 Å². The van der Waals surface area contributed by atoms with Gasteiger partial charge in [0.15, 0.2) is 0 Å². The topological polar surface area (TPSA) is 89.3 Å². The molecule has 1 aliphatic heterocycles. The summed E-state index contributed by atoms with van der Waals surface area (Å²) in [5.41, 5.74) is 3.90. The molecule has 0 saturated heterocycles. The second kappa shape index (κ2) is 12.0. The van der Waals surface area contributed by atoms with Crippen LogP contribution >= 0.6 is 23.4 Å². The quantitative estimate of drug-likeness (QED) is 0.297. The lowest BCUT2D eigenvalue weighted by Crippen LogP contribution is -2.42. The second-order valence-corrected chi connectivity index (χ2v) is 12.3. The maximum atomic E-state index is 13.8. The zero-order valence-electron chi connectivity index (χ0n) is 23.4. The third-order valence-electron chi connectivity index (χ3n) is 6.84. The average Bonchev–Trinajstić information content (AvgIpc) is 3.31. The number of fused-ring (bicyclic) bond motifs is 1. The summed E-state index contributed by atoms with van der Waals surface area (Å²) in [5, 5.41) is 8.40. The average molecular weight is 590 g/mol. The Morgan fingerprint density at radius 1 is 1.10 bits per heavy atom. The molecule has 0 spiro atoms. The molecule has 1 aliphatic rings. The molecule has 212 valence electrons. The van der Waals surface area contributed by atoms with E-state index in [0.717, 1.165) is 28.1 Å². The van der Waals surface area contributed by atoms with Crippen LogP contribution in [0.2, 0.25) is 5.02 Å². The fraction of sp³-hybridized carbons (Fsp3) is 0.290. The molecule has 2 aromatic heterocycles. The number of carbonyl (C=O) groups excluding carboxylic acids is 2. The van der Waals surface area contributed by atoms with E-state index in [0.29, 0.717) is 23.1 Å². The van der Waals surface area contributed by atoms with Crippen molar-refractivity contribution in [3.63, 3.8) is 0 Å². The van der Waals surface area contributed by atoms with Gasteiger partial charge in [0.25, 0.3) is 0 Å². The van der Waals surface area contributed by atoms with E-state index in [1.807, 2.05) is 60.7 Å². The van der Waals surface area contributed by atoms with Gasteiger partial charge in [-0.25, -0.2) is 4.68 Å². The third kappa shape index (κ3) is 6.11. The van der Waals surface area contributed by atoms with Crippen molar-refractivity contribution in [2.75, 3.05) is 24.3 Å². The van der Waals surface area contributed by atoms with Crippen LogP contribution < -0.4 is 15.0 Å². The van der Waals surface area contributed by atoms with E-state index in [-0.39, 0.29) is 34.8 Å². The number of carbonyl (C=O) groups is 2. The van der Waals surface area contributed by atoms with Gasteiger partial charge < -0.3 is 10.1 Å². The van der Waals surface area contributed by atoms with Crippen LogP contribution in [0.3, 0.4) is 0 Å². The zero-order chi connectivity index (χ0) is 29.1. The number of hydrogen-bond donors (Lipinski definition) is 1. The Balaban J connectivity index is 1.66. The minimum atomic E-state index is -0.371. The van der Waals surface area contributed by atoms with Gasteiger partial charge in [0, 0.05) is 34.9 Å². The van der Waals surface area contributed by atoms with E-state index in [1.54, 1.807) is 29.1 Å². The highest BCUT2D eigenvalue weighted by Crippen LogP contribution is 2.49. The van der Waals surface area contributed by atoms with Gasteiger partial charge in [-0.3, -0.25) is 19.5 Å². The second-order valence-electron chi connectivity index (χ2n) is 10.8. The summed E-state index contributed by atoms with van der Waals surface area (Å²) in [6, 6.07) is 18.9. The van der Waals surface area contributed by atoms with Crippen LogP contribution in [0.15, 0.2) is 73.1 Å². The molecule has 0 saturated carbocycles. The lowest BCUT2D eigenvalue weighted by atomic mass is 9.87. The Kier molecular flexibility index (Phi) is 8.37. The summed E-state index contributed by atoms with van der Waals surface area (Å²) in [7, 11) is 1.61. The molecule has 0 aliphatic carbocycles. The van der Waals surface area contributed by atoms with E-state index < -0.39 is 0 Å². The minimum Gasteiger partial charge on any atom is -0.497 e. The van der Waals surface area contributed by atoms with Gasteiger partial charge in [0.05, 0.1) is 29.5 Å². The van der Waals surface area contributed by atoms with E-state index >= 15 is 0 Å². The molecule has 41 heavy (non-hydrogen) atoms. The number of aromatic nitrogens is 3. The Bertz CT molecular complexity index is 1550. The summed E-state index contributed by atoms with van der Waals surface area (Å²) in [5.74, 6) is 0.992. The monoisotopic (exact) mass is 589 g/mol. The highest BCUT2D eigenvalue weighted by molar-refractivity contribution is 8.00. The van der Waals surface area contributed by atoms with Gasteiger partial charge in [-0.15, -0.1) is 11.8 Å². The number of thioether (sulfide) groups is 1. The normalized spacial score (nSPS) is 15.3. The molecule has 8 nitrogen and oxygen atoms in total. The number of methoxy groups -OCH3 is 1. The summed E-state index contributed by atoms with van der Waals surface area (Å²) < 4.78 is 7.15. The summed E-state index contributed by atoms with van der Waals surface area (Å²) in [6.07, 6.45) is 3.36. The first-order valence-corrected chi connectivity index (χ1v) is 14.7. The Labute approximate surface area is 249 Å². The first-order chi connectivity index (χ1) is 19.7. The molecule has 1 atom stereocenters. The van der Waals surface area contributed by atoms with Crippen molar-refractivity contribution in [2.24, 2.45) is 0 Å². The van der Waals surface area contributed by atoms with Crippen LogP contribution in [0.25, 0.3) is 5.69 Å². The first-order valence-electron chi connectivity index (χ1n) is 13.3. The molecule has 1 unspecified atom stereocenters. The van der Waals surface area contributed by atoms with Crippen molar-refractivity contribution in [3.05, 3.63) is 100 Å². The maximum absolute atomic E-state index is 13.8. The number of hydrogen-bond acceptors (Lipinski definition) is 6. The van der Waals surface area contributed by atoms with E-state index in [4.69, 9.17) is 21.4 Å². The summed E-state index contributed by atoms with van der Waals surface area (Å²) >= 11 is 8.24. The van der Waals surface area contributed by atoms with E-state index in [1.165, 1.54) is 11.8 Å². The lowest BCUT2D eigenvalue weighted by molar-refractivity contribution is -0.123. The van der Waals surface area contributed by atoms with Crippen LogP contribution in [0, 0.1) is 0 Å². The van der Waals surface area contributed by atoms with Crippen molar-refractivity contribution in [1.82, 2.24) is 20.1 Å². The van der Waals surface area contributed by atoms with Gasteiger partial charge in [-0.2, -0.15) is 5.10 Å². The zero-order valence-corrected chi connectivity index (χ0v) is 25.0. The van der Waals surface area contributed by atoms with Crippen molar-refractivity contribution < 1.29 is 14.3 Å². The molecule has 2 amide bonds. The van der Waals surface area contributed by atoms with Gasteiger partial charge >= 0.3 is 0 Å². The van der Waals surface area contributed by atoms with Crippen molar-refractivity contribution in [1.29, 1.82) is 0 Å². The van der Waals surface area contributed by atoms with E-state index in [2.05, 4.69) is 31.1 Å². The molecule has 0 bridgehead atoms. The number of anilines is 1. The highest BCUT2D eigenvalue weighted by Gasteiger charge is 2.40. The Morgan fingerprint density at radius 3 is 2.46 bits per heavy atom. The molecular weight excluding hydrogens is 558 g/mol. The van der Waals surface area contributed by atoms with Crippen molar-refractivity contribution in [2.45, 2.75) is 38.0 Å². The SMILES string of the molecule is COc1ccc(-n2nc(C(C)(C)C)c3c2N(CC(=O)NCc2ccncc2)C(=O)CSC3c2ccccc2Cl)cc1. The largest absolute Gasteiger partial charge is 0.497 e. The van der Waals surface area contributed by atoms with Crippen LogP contribution in [-0.2, 0) is 21.5 Å². The minimum absolute atomic E-state index is 0.155. The molecule has 10 heteroatoms. The molecule has 5 rings (SSSR count). The third-order valence-corrected chi connectivity index (χ3v) is 8.43. The first kappa shape index (κ1) is 28.7. The molecule has 3 heterocycles. The van der Waals surface area contributed by atoms with Crippen LogP contribution in [0.4, 0.5) is 5.82 Å². The van der Waals surface area contributed by atoms with Crippen LogP contribution in [0.5, 0.6) is 5.75 Å². The Morgan fingerprint density at radius 2 is 1.80 bits per heavy atom. The van der Waals surface area contributed by atoms with Crippen molar-refractivity contribution in [3.8, 4) is 11.4 Å². The standard InChI is InChI=1S/C31H32ClN5O3S/c1-31(2,3)29-27-28(23-7-5-6-8-24(23)32)41-19-26(39)36(18-25(38)34-17-20-13-15-33-16-14-20)30(27)37(35-29)21-9-11-22(40-4)12-10-21/h5-16,28H,17-19H2,1-4H3,(H,34,38). The predicted molar refractivity (Wildman–Crippen MR) is 163 cm³/mol. The number of nitrogens with zero attached hydrogens (tertiary/aromatic N) is 4. The molecule has 4 aromatic rings. The molecule has 2 aromatic carbocycles. The number of benzene rings is 2. The molecular formula is C31H32ClN5O3S. The van der Waals surface area contributed by atoms with E-state index in [9.17, 15) is 9.59 Å². The summed E-state index contributed by atoms with van der Waals surface area (Å²) in [4.78, 5) is 32.7. The smallest absolute Gasteiger partial charge is 0.240 e. The maximum Gasteiger partial charge on any atom is 0.240 e. The molecule has 0 fully saturated rings. The summed E-state index contributed by atoms with van der Waals surface area (Å²) in [6.45, 7) is 6.47. The lowest BCUT2D eigenvalue weighted by Gasteiger charge is -2.25. The van der Waals surface area contributed by atoms with Crippen LogP contribution in [0.1, 0.15) is 48.4 Å². The van der Waals surface area contributed by atoms with Gasteiger partial charge in [-0.05, 0) is 53.6 Å². The predicted octanol–water partition coefficient (Wildman–Crippen LogP) is 5.71.